The Hall–Kier alpha value is -7.20. The Morgan fingerprint density at radius 2 is 0.930 bits per heavy atom. The molecule has 0 amide bonds. The van der Waals surface area contributed by atoms with E-state index in [4.69, 9.17) is 28.3 Å². The Labute approximate surface area is 374 Å². The second-order valence-corrected chi connectivity index (χ2v) is 13.4. The second kappa shape index (κ2) is 13.8. The lowest BCUT2D eigenvalue weighted by Gasteiger charge is -2.16. The minimum absolute atomic E-state index is 0.0228. The van der Waals surface area contributed by atoms with Crippen molar-refractivity contribution in [2.75, 3.05) is 0 Å². The van der Waals surface area contributed by atoms with Gasteiger partial charge in [0.05, 0.1) is 55.1 Å². The number of benzene rings is 8. The fourth-order valence-corrected chi connectivity index (χ4v) is 8.13. The molecule has 0 N–H and O–H groups in total. The molecule has 11 aromatic rings. The summed E-state index contributed by atoms with van der Waals surface area (Å²) in [6, 6.07) is -13.6. The van der Waals surface area contributed by atoms with Crippen molar-refractivity contribution in [3.05, 3.63) is 206 Å². The van der Waals surface area contributed by atoms with Crippen molar-refractivity contribution in [3.8, 4) is 65.5 Å². The van der Waals surface area contributed by atoms with Crippen molar-refractivity contribution in [1.29, 1.82) is 0 Å². The Morgan fingerprint density at radius 1 is 0.386 bits per heavy atom. The predicted octanol–water partition coefficient (Wildman–Crippen LogP) is 15.2. The van der Waals surface area contributed by atoms with Crippen LogP contribution in [0.2, 0.25) is 0 Å². The summed E-state index contributed by atoms with van der Waals surface area (Å²) >= 11 is 0.381. The van der Waals surface area contributed by atoms with Gasteiger partial charge >= 0.3 is 0 Å². The Kier molecular flexibility index (Phi) is 3.73. The third-order valence-electron chi connectivity index (χ3n) is 9.26. The van der Waals surface area contributed by atoms with E-state index >= 15 is 0 Å². The van der Waals surface area contributed by atoms with Crippen LogP contribution < -0.4 is 0 Å². The lowest BCUT2D eigenvalue weighted by atomic mass is 9.87. The monoisotopic (exact) mass is 770 g/mol. The maximum absolute atomic E-state index is 10.1. The number of hydrogen-bond acceptors (Lipinski definition) is 3. The van der Waals surface area contributed by atoms with Gasteiger partial charge in [0.1, 0.15) is 0 Å². The van der Waals surface area contributed by atoms with Crippen LogP contribution in [0.1, 0.15) is 38.4 Å². The van der Waals surface area contributed by atoms with Gasteiger partial charge in [0.15, 0.2) is 0 Å². The van der Waals surface area contributed by atoms with Crippen LogP contribution in [-0.4, -0.2) is 9.97 Å². The van der Waals surface area contributed by atoms with E-state index in [0.29, 0.717) is 11.3 Å². The summed E-state index contributed by atoms with van der Waals surface area (Å²) in [6.07, 6.45) is -0.653. The van der Waals surface area contributed by atoms with Gasteiger partial charge in [0.2, 0.25) is 0 Å². The van der Waals surface area contributed by atoms with Crippen LogP contribution in [0.4, 0.5) is 0 Å². The zero-order valence-corrected chi connectivity index (χ0v) is 29.6. The van der Waals surface area contributed by atoms with Crippen LogP contribution in [0, 0.1) is 0 Å². The largest absolute Gasteiger partial charge is 0.254 e. The lowest BCUT2D eigenvalue weighted by Crippen LogP contribution is -1.92. The molecule has 0 bridgehead atoms. The van der Waals surface area contributed by atoms with Crippen molar-refractivity contribution in [2.45, 2.75) is 0 Å². The number of thiophene rings is 1. The normalized spacial score (nSPS) is 18.4. The van der Waals surface area contributed by atoms with Crippen molar-refractivity contribution in [3.63, 3.8) is 0 Å². The molecule has 8 aromatic carbocycles. The van der Waals surface area contributed by atoms with Crippen molar-refractivity contribution < 1.29 is 38.4 Å². The standard InChI is InChI=1S/C54H34N2S/c1-4-15-35(16-5-1)49-50(36-17-6-2-7-18-36)54(57-53(49)39-19-8-3-9-20-39)47-32-30-45(41-23-11-13-25-43(41)47)44-29-31-46(42-24-12-10-22-40(42)44)48-33-28-38-27-26-37-21-14-34-55-51(37)52(38)56-48/h1-34H/i1D,2D,3D,4D,5D,6D,7D,8D,9D,11D,13D,14D,15D,16D,17D,18D,19D,20D,21D,23D,25D,26D,27D,28D,30D,32D,33D,34D. The molecule has 0 aliphatic heterocycles. The van der Waals surface area contributed by atoms with Gasteiger partial charge in [0, 0.05) is 49.0 Å². The van der Waals surface area contributed by atoms with Crippen molar-refractivity contribution >= 4 is 54.7 Å². The molecule has 3 heteroatoms. The summed E-state index contributed by atoms with van der Waals surface area (Å²) in [5.41, 5.74) is -5.01. The molecule has 0 aliphatic carbocycles. The molecule has 0 fully saturated rings. The van der Waals surface area contributed by atoms with Gasteiger partial charge in [-0.15, -0.1) is 11.3 Å². The van der Waals surface area contributed by atoms with Gasteiger partial charge in [0.25, 0.3) is 0 Å². The molecule has 0 unspecified atom stereocenters. The minimum Gasteiger partial charge on any atom is -0.254 e. The van der Waals surface area contributed by atoms with E-state index in [-0.39, 0.29) is 55.0 Å². The average molecular weight is 771 g/mol. The summed E-state index contributed by atoms with van der Waals surface area (Å²) in [5, 5.41) is -1.16. The molecule has 266 valence electrons. The first-order chi connectivity index (χ1) is 39.9. The smallest absolute Gasteiger partial charge is 0.0972 e. The molecular weight excluding hydrogens is 709 g/mol. The summed E-state index contributed by atoms with van der Waals surface area (Å²) in [7, 11) is 0. The van der Waals surface area contributed by atoms with E-state index < -0.39 is 223 Å². The highest BCUT2D eigenvalue weighted by Crippen LogP contribution is 2.53. The number of fused-ring (bicyclic) bond motifs is 5. The average Bonchev–Trinajstić information content (AvgIpc) is 1.81. The summed E-state index contributed by atoms with van der Waals surface area (Å²) in [6.45, 7) is 0. The van der Waals surface area contributed by atoms with E-state index in [0.717, 1.165) is 0 Å². The quantitative estimate of drug-likeness (QED) is 0.157. The maximum atomic E-state index is 10.1. The van der Waals surface area contributed by atoms with Crippen molar-refractivity contribution in [1.82, 2.24) is 9.97 Å². The molecule has 3 aromatic heterocycles. The topological polar surface area (TPSA) is 25.8 Å². The fourth-order valence-electron chi connectivity index (χ4n) is 6.85. The van der Waals surface area contributed by atoms with Gasteiger partial charge < -0.3 is 0 Å². The number of pyridine rings is 2. The van der Waals surface area contributed by atoms with Gasteiger partial charge in [-0.2, -0.15) is 0 Å². The van der Waals surface area contributed by atoms with Crippen LogP contribution in [0.3, 0.4) is 0 Å². The third-order valence-corrected chi connectivity index (χ3v) is 10.5. The van der Waals surface area contributed by atoms with E-state index in [9.17, 15) is 15.1 Å². The highest BCUT2D eigenvalue weighted by Gasteiger charge is 2.25. The van der Waals surface area contributed by atoms with E-state index in [1.54, 1.807) is 24.3 Å². The van der Waals surface area contributed by atoms with Crippen molar-refractivity contribution in [2.24, 2.45) is 0 Å². The summed E-state index contributed by atoms with van der Waals surface area (Å²) in [4.78, 5) is 7.78. The number of aromatic nitrogens is 2. The Morgan fingerprint density at radius 3 is 1.63 bits per heavy atom. The molecule has 0 aliphatic rings. The SMILES string of the molecule is [2H]c1nc2c(c([2H])c1[2H])c([2H])c([2H])c1c([2H])c([2H])c(-c3ccc(-c4c([2H])c([2H])c(-c5sc(-c6c([2H])c([2H])c([2H])c([2H])c6[2H])c(-c6c([2H])c([2H])c([2H])c([2H])c6[2H])c5-c5c([2H])c([2H])c([2H])c([2H])c5[2H])c5c([2H])c([2H])c([2H])c([2H])c45)c4ccccc34)nc12. The first kappa shape index (κ1) is 15.4. The van der Waals surface area contributed by atoms with E-state index in [1.165, 1.54) is 12.1 Å². The summed E-state index contributed by atoms with van der Waals surface area (Å²) in [5.74, 6) is 0. The molecule has 0 atom stereocenters. The maximum Gasteiger partial charge on any atom is 0.0972 e. The van der Waals surface area contributed by atoms with Crippen LogP contribution >= 0.6 is 11.3 Å². The van der Waals surface area contributed by atoms with Gasteiger partial charge in [-0.1, -0.05) is 187 Å². The highest BCUT2D eigenvalue weighted by atomic mass is 32.1. The lowest BCUT2D eigenvalue weighted by molar-refractivity contribution is 1.37. The molecule has 0 saturated carbocycles. The second-order valence-electron chi connectivity index (χ2n) is 12.3. The molecule has 57 heavy (non-hydrogen) atoms. The molecule has 0 spiro atoms. The first-order valence-electron chi connectivity index (χ1n) is 31.0. The summed E-state index contributed by atoms with van der Waals surface area (Å²) < 4.78 is 252. The number of rotatable bonds is 6. The zero-order valence-electron chi connectivity index (χ0n) is 56.8. The minimum atomic E-state index is -0.984. The molecule has 0 saturated heterocycles. The van der Waals surface area contributed by atoms with E-state index in [1.807, 2.05) is 0 Å². The van der Waals surface area contributed by atoms with Crippen LogP contribution in [-0.2, 0) is 0 Å². The Balaban J connectivity index is 1.32. The van der Waals surface area contributed by atoms with Gasteiger partial charge in [-0.25, -0.2) is 4.98 Å². The molecule has 2 nitrogen and oxygen atoms in total. The van der Waals surface area contributed by atoms with E-state index in [2.05, 4.69) is 4.98 Å². The zero-order chi connectivity index (χ0) is 62.1. The van der Waals surface area contributed by atoms with Gasteiger partial charge in [-0.3, -0.25) is 4.98 Å². The highest BCUT2D eigenvalue weighted by molar-refractivity contribution is 7.20. The number of nitrogens with zero attached hydrogens (tertiary/aromatic N) is 2. The predicted molar refractivity (Wildman–Crippen MR) is 243 cm³/mol. The Bertz CT molecular complexity index is 4860. The molecule has 3 heterocycles. The molecule has 0 radical (unpaired) electrons. The van der Waals surface area contributed by atoms with Gasteiger partial charge in [-0.05, 0) is 61.4 Å². The van der Waals surface area contributed by atoms with Crippen LogP contribution in [0.5, 0.6) is 0 Å². The number of hydrogen-bond donors (Lipinski definition) is 0. The molecule has 11 rings (SSSR count). The van der Waals surface area contributed by atoms with Crippen LogP contribution in [0.25, 0.3) is 109 Å². The first-order valence-corrected chi connectivity index (χ1v) is 17.9. The third kappa shape index (κ3) is 5.63. The van der Waals surface area contributed by atoms with Crippen LogP contribution in [0.15, 0.2) is 206 Å². The fraction of sp³-hybridized carbons (Fsp3) is 0. The molecular formula is C54H34N2S.